The van der Waals surface area contributed by atoms with Crippen molar-refractivity contribution >= 4 is 11.6 Å². The van der Waals surface area contributed by atoms with Crippen LogP contribution in [0.5, 0.6) is 5.88 Å². The van der Waals surface area contributed by atoms with Gasteiger partial charge in [-0.05, 0) is 26.8 Å². The summed E-state index contributed by atoms with van der Waals surface area (Å²) in [6, 6.07) is 3.42. The Labute approximate surface area is 77.5 Å². The average molecular weight is 186 g/mol. The normalized spacial score (nSPS) is 11.3. The fourth-order valence-corrected chi connectivity index (χ4v) is 0.904. The van der Waals surface area contributed by atoms with Crippen molar-refractivity contribution in [1.82, 2.24) is 4.98 Å². The van der Waals surface area contributed by atoms with Gasteiger partial charge in [0, 0.05) is 17.3 Å². The van der Waals surface area contributed by atoms with Crippen molar-refractivity contribution < 1.29 is 4.74 Å². The molecule has 0 amide bonds. The summed E-state index contributed by atoms with van der Waals surface area (Å²) in [5.41, 5.74) is -0.225. The highest BCUT2D eigenvalue weighted by Gasteiger charge is 2.12. The lowest BCUT2D eigenvalue weighted by molar-refractivity contribution is 0.124. The zero-order valence-electron chi connectivity index (χ0n) is 7.47. The molecule has 0 fully saturated rings. The van der Waals surface area contributed by atoms with E-state index >= 15 is 0 Å². The van der Waals surface area contributed by atoms with Crippen LogP contribution >= 0.6 is 11.6 Å². The molecule has 0 aliphatic rings. The Morgan fingerprint density at radius 3 is 2.58 bits per heavy atom. The monoisotopic (exact) mass is 185 g/mol. The first-order valence-corrected chi connectivity index (χ1v) is 4.16. The summed E-state index contributed by atoms with van der Waals surface area (Å²) in [4.78, 5) is 4.02. The second-order valence-corrected chi connectivity index (χ2v) is 3.96. The van der Waals surface area contributed by atoms with Crippen LogP contribution in [-0.4, -0.2) is 10.6 Å². The third-order valence-corrected chi connectivity index (χ3v) is 1.34. The van der Waals surface area contributed by atoms with E-state index in [0.29, 0.717) is 10.9 Å². The summed E-state index contributed by atoms with van der Waals surface area (Å²) in [5.74, 6) is 0.565. The van der Waals surface area contributed by atoms with Gasteiger partial charge >= 0.3 is 0 Å². The first-order chi connectivity index (χ1) is 5.47. The van der Waals surface area contributed by atoms with Crippen LogP contribution in [0.4, 0.5) is 0 Å². The zero-order chi connectivity index (χ0) is 9.19. The van der Waals surface area contributed by atoms with E-state index in [1.807, 2.05) is 20.8 Å². The Morgan fingerprint density at radius 2 is 2.08 bits per heavy atom. The zero-order valence-corrected chi connectivity index (χ0v) is 8.22. The number of halogens is 1. The van der Waals surface area contributed by atoms with Gasteiger partial charge in [-0.1, -0.05) is 11.6 Å². The summed E-state index contributed by atoms with van der Waals surface area (Å²) in [6.45, 7) is 5.90. The lowest BCUT2D eigenvalue weighted by Crippen LogP contribution is -2.23. The fourth-order valence-electron chi connectivity index (χ4n) is 0.755. The van der Waals surface area contributed by atoms with E-state index in [1.165, 1.54) is 0 Å². The molecule has 1 aromatic heterocycles. The molecule has 0 unspecified atom stereocenters. The van der Waals surface area contributed by atoms with Crippen LogP contribution in [-0.2, 0) is 0 Å². The predicted octanol–water partition coefficient (Wildman–Crippen LogP) is 2.91. The van der Waals surface area contributed by atoms with E-state index in [9.17, 15) is 0 Å². The lowest BCUT2D eigenvalue weighted by atomic mass is 10.2. The molecule has 1 aromatic rings. The number of ether oxygens (including phenoxy) is 1. The van der Waals surface area contributed by atoms with Crippen LogP contribution < -0.4 is 4.74 Å². The molecule has 0 saturated heterocycles. The molecule has 0 aliphatic heterocycles. The minimum Gasteiger partial charge on any atom is -0.472 e. The van der Waals surface area contributed by atoms with E-state index in [2.05, 4.69) is 4.98 Å². The third-order valence-electron chi connectivity index (χ3n) is 1.11. The first kappa shape index (κ1) is 9.33. The van der Waals surface area contributed by atoms with Gasteiger partial charge in [0.2, 0.25) is 5.88 Å². The standard InChI is InChI=1S/C9H12ClNO/c1-9(2,3)12-8-6-7(10)4-5-11-8/h4-6H,1-3H3. The number of rotatable bonds is 1. The van der Waals surface area contributed by atoms with E-state index in [4.69, 9.17) is 16.3 Å². The first-order valence-electron chi connectivity index (χ1n) is 3.78. The maximum atomic E-state index is 5.75. The minimum atomic E-state index is -0.225. The van der Waals surface area contributed by atoms with Gasteiger partial charge in [0.15, 0.2) is 0 Å². The molecule has 1 heterocycles. The molecule has 1 rings (SSSR count). The maximum absolute atomic E-state index is 5.75. The van der Waals surface area contributed by atoms with Crippen LogP contribution in [0.3, 0.4) is 0 Å². The molecule has 0 atom stereocenters. The van der Waals surface area contributed by atoms with Gasteiger partial charge in [-0.3, -0.25) is 0 Å². The average Bonchev–Trinajstić information content (AvgIpc) is 1.82. The number of pyridine rings is 1. The molecule has 2 nitrogen and oxygen atoms in total. The van der Waals surface area contributed by atoms with Crippen molar-refractivity contribution in [3.8, 4) is 5.88 Å². The Morgan fingerprint density at radius 1 is 1.42 bits per heavy atom. The Bertz CT molecular complexity index is 267. The molecule has 0 radical (unpaired) electrons. The van der Waals surface area contributed by atoms with Crippen LogP contribution in [0.1, 0.15) is 20.8 Å². The molecule has 0 aliphatic carbocycles. The van der Waals surface area contributed by atoms with Crippen molar-refractivity contribution in [2.75, 3.05) is 0 Å². The molecular weight excluding hydrogens is 174 g/mol. The fraction of sp³-hybridized carbons (Fsp3) is 0.444. The SMILES string of the molecule is CC(C)(C)Oc1cc(Cl)ccn1. The van der Waals surface area contributed by atoms with Crippen molar-refractivity contribution in [3.05, 3.63) is 23.4 Å². The molecule has 66 valence electrons. The van der Waals surface area contributed by atoms with Crippen molar-refractivity contribution in [2.45, 2.75) is 26.4 Å². The molecule has 12 heavy (non-hydrogen) atoms. The van der Waals surface area contributed by atoms with Gasteiger partial charge in [-0.25, -0.2) is 4.98 Å². The van der Waals surface area contributed by atoms with Crippen LogP contribution in [0.15, 0.2) is 18.3 Å². The van der Waals surface area contributed by atoms with E-state index in [1.54, 1.807) is 18.3 Å². The second-order valence-electron chi connectivity index (χ2n) is 3.53. The summed E-state index contributed by atoms with van der Waals surface area (Å²) in [6.07, 6.45) is 1.63. The molecule has 0 bridgehead atoms. The third kappa shape index (κ3) is 3.09. The van der Waals surface area contributed by atoms with Gasteiger partial charge in [-0.15, -0.1) is 0 Å². The Balaban J connectivity index is 2.77. The van der Waals surface area contributed by atoms with Gasteiger partial charge in [-0.2, -0.15) is 0 Å². The van der Waals surface area contributed by atoms with Crippen LogP contribution in [0.2, 0.25) is 5.02 Å². The molecule has 0 N–H and O–H groups in total. The number of aromatic nitrogens is 1. The quantitative estimate of drug-likeness (QED) is 0.671. The second kappa shape index (κ2) is 3.31. The molecular formula is C9H12ClNO. The van der Waals surface area contributed by atoms with E-state index in [-0.39, 0.29) is 5.60 Å². The largest absolute Gasteiger partial charge is 0.472 e. The smallest absolute Gasteiger partial charge is 0.215 e. The van der Waals surface area contributed by atoms with Crippen LogP contribution in [0.25, 0.3) is 0 Å². The number of hydrogen-bond donors (Lipinski definition) is 0. The highest BCUT2D eigenvalue weighted by molar-refractivity contribution is 6.30. The molecule has 0 saturated carbocycles. The highest BCUT2D eigenvalue weighted by atomic mass is 35.5. The maximum Gasteiger partial charge on any atom is 0.215 e. The lowest BCUT2D eigenvalue weighted by Gasteiger charge is -2.19. The van der Waals surface area contributed by atoms with Crippen molar-refractivity contribution in [2.24, 2.45) is 0 Å². The van der Waals surface area contributed by atoms with Crippen molar-refractivity contribution in [3.63, 3.8) is 0 Å². The highest BCUT2D eigenvalue weighted by Crippen LogP contribution is 2.18. The summed E-state index contributed by atoms with van der Waals surface area (Å²) in [5, 5.41) is 0.643. The predicted molar refractivity (Wildman–Crippen MR) is 49.6 cm³/mol. The minimum absolute atomic E-state index is 0.225. The van der Waals surface area contributed by atoms with Crippen LogP contribution in [0, 0.1) is 0 Å². The number of hydrogen-bond acceptors (Lipinski definition) is 2. The van der Waals surface area contributed by atoms with Gasteiger partial charge in [0.1, 0.15) is 5.60 Å². The number of nitrogens with zero attached hydrogens (tertiary/aromatic N) is 1. The Kier molecular flexibility index (Phi) is 2.58. The topological polar surface area (TPSA) is 22.1 Å². The van der Waals surface area contributed by atoms with E-state index in [0.717, 1.165) is 0 Å². The van der Waals surface area contributed by atoms with Gasteiger partial charge in [0.25, 0.3) is 0 Å². The molecule has 0 aromatic carbocycles. The summed E-state index contributed by atoms with van der Waals surface area (Å²) in [7, 11) is 0. The summed E-state index contributed by atoms with van der Waals surface area (Å²) < 4.78 is 5.49. The summed E-state index contributed by atoms with van der Waals surface area (Å²) >= 11 is 5.75. The van der Waals surface area contributed by atoms with E-state index < -0.39 is 0 Å². The molecule has 3 heteroatoms. The Hall–Kier alpha value is -0.760. The van der Waals surface area contributed by atoms with Crippen molar-refractivity contribution in [1.29, 1.82) is 0 Å². The van der Waals surface area contributed by atoms with Gasteiger partial charge in [0.05, 0.1) is 0 Å². The van der Waals surface area contributed by atoms with Gasteiger partial charge < -0.3 is 4.74 Å². The molecule has 0 spiro atoms.